The number of amides is 1. The lowest BCUT2D eigenvalue weighted by Gasteiger charge is -2.16. The Bertz CT molecular complexity index is 310. The van der Waals surface area contributed by atoms with Crippen LogP contribution in [0.3, 0.4) is 0 Å². The molecule has 0 spiro atoms. The fraction of sp³-hybridized carbons (Fsp3) is 0.500. The van der Waals surface area contributed by atoms with E-state index in [0.717, 1.165) is 0 Å². The molecule has 0 atom stereocenters. The van der Waals surface area contributed by atoms with E-state index in [1.165, 1.54) is 0 Å². The summed E-state index contributed by atoms with van der Waals surface area (Å²) in [5.74, 6) is -0.222. The maximum absolute atomic E-state index is 11.4. The van der Waals surface area contributed by atoms with Gasteiger partial charge in [-0.2, -0.15) is 5.10 Å². The first-order chi connectivity index (χ1) is 5.89. The van der Waals surface area contributed by atoms with Crippen molar-refractivity contribution >= 4 is 11.6 Å². The highest BCUT2D eigenvalue weighted by Crippen LogP contribution is 2.06. The van der Waals surface area contributed by atoms with Crippen molar-refractivity contribution in [1.82, 2.24) is 9.78 Å². The SMILES string of the molecule is Cn1cc(NC(=O)C(C)(C)N)cn1. The summed E-state index contributed by atoms with van der Waals surface area (Å²) in [5, 5.41) is 6.57. The average molecular weight is 182 g/mol. The zero-order valence-corrected chi connectivity index (χ0v) is 8.03. The molecule has 0 aromatic carbocycles. The van der Waals surface area contributed by atoms with Gasteiger partial charge in [-0.3, -0.25) is 9.48 Å². The predicted octanol–water partition coefficient (Wildman–Crippen LogP) is 0.0959. The lowest BCUT2D eigenvalue weighted by molar-refractivity contribution is -0.120. The van der Waals surface area contributed by atoms with E-state index in [0.29, 0.717) is 5.69 Å². The zero-order valence-electron chi connectivity index (χ0n) is 8.03. The van der Waals surface area contributed by atoms with E-state index in [4.69, 9.17) is 5.73 Å². The van der Waals surface area contributed by atoms with E-state index in [9.17, 15) is 4.79 Å². The van der Waals surface area contributed by atoms with Gasteiger partial charge in [0.15, 0.2) is 0 Å². The molecule has 5 heteroatoms. The highest BCUT2D eigenvalue weighted by Gasteiger charge is 2.21. The molecule has 72 valence electrons. The second-order valence-electron chi connectivity index (χ2n) is 3.58. The van der Waals surface area contributed by atoms with Crippen LogP contribution >= 0.6 is 0 Å². The van der Waals surface area contributed by atoms with E-state index < -0.39 is 5.54 Å². The Morgan fingerprint density at radius 3 is 2.69 bits per heavy atom. The third-order valence-corrected chi connectivity index (χ3v) is 1.55. The molecule has 0 aliphatic carbocycles. The van der Waals surface area contributed by atoms with Crippen molar-refractivity contribution in [3.05, 3.63) is 12.4 Å². The second kappa shape index (κ2) is 3.18. The van der Waals surface area contributed by atoms with Crippen molar-refractivity contribution in [3.8, 4) is 0 Å². The molecule has 0 unspecified atom stereocenters. The Morgan fingerprint density at radius 2 is 2.31 bits per heavy atom. The van der Waals surface area contributed by atoms with Crippen molar-refractivity contribution in [2.24, 2.45) is 12.8 Å². The number of anilines is 1. The monoisotopic (exact) mass is 182 g/mol. The predicted molar refractivity (Wildman–Crippen MR) is 50.1 cm³/mol. The Balaban J connectivity index is 2.65. The summed E-state index contributed by atoms with van der Waals surface area (Å²) in [6, 6.07) is 0. The number of aryl methyl sites for hydroxylation is 1. The maximum atomic E-state index is 11.4. The molecule has 0 aliphatic rings. The topological polar surface area (TPSA) is 72.9 Å². The maximum Gasteiger partial charge on any atom is 0.243 e. The lowest BCUT2D eigenvalue weighted by atomic mass is 10.1. The number of nitrogens with one attached hydrogen (secondary N) is 1. The Hall–Kier alpha value is -1.36. The summed E-state index contributed by atoms with van der Waals surface area (Å²) in [6.07, 6.45) is 3.28. The van der Waals surface area contributed by atoms with Gasteiger partial charge in [-0.05, 0) is 13.8 Å². The summed E-state index contributed by atoms with van der Waals surface area (Å²) in [7, 11) is 1.78. The Morgan fingerprint density at radius 1 is 1.69 bits per heavy atom. The van der Waals surface area contributed by atoms with Crippen molar-refractivity contribution in [2.75, 3.05) is 5.32 Å². The molecule has 3 N–H and O–H groups in total. The minimum Gasteiger partial charge on any atom is -0.322 e. The van der Waals surface area contributed by atoms with Gasteiger partial charge >= 0.3 is 0 Å². The van der Waals surface area contributed by atoms with Crippen LogP contribution in [0.15, 0.2) is 12.4 Å². The molecule has 5 nitrogen and oxygen atoms in total. The van der Waals surface area contributed by atoms with Gasteiger partial charge in [0.1, 0.15) is 0 Å². The Kier molecular flexibility index (Phi) is 2.38. The minimum atomic E-state index is -0.865. The lowest BCUT2D eigenvalue weighted by Crippen LogP contribution is -2.45. The van der Waals surface area contributed by atoms with Gasteiger partial charge in [-0.15, -0.1) is 0 Å². The van der Waals surface area contributed by atoms with Gasteiger partial charge in [0.25, 0.3) is 0 Å². The molecule has 1 aromatic rings. The van der Waals surface area contributed by atoms with Gasteiger partial charge in [-0.25, -0.2) is 0 Å². The number of nitrogens with zero attached hydrogens (tertiary/aromatic N) is 2. The normalized spacial score (nSPS) is 11.4. The van der Waals surface area contributed by atoms with E-state index in [2.05, 4.69) is 10.4 Å². The van der Waals surface area contributed by atoms with Crippen LogP contribution in [0.2, 0.25) is 0 Å². The molecule has 1 rings (SSSR count). The van der Waals surface area contributed by atoms with Crippen LogP contribution in [0.1, 0.15) is 13.8 Å². The van der Waals surface area contributed by atoms with Crippen molar-refractivity contribution < 1.29 is 4.79 Å². The van der Waals surface area contributed by atoms with E-state index >= 15 is 0 Å². The number of aromatic nitrogens is 2. The van der Waals surface area contributed by atoms with Gasteiger partial charge in [0.05, 0.1) is 17.4 Å². The molecule has 0 saturated heterocycles. The summed E-state index contributed by atoms with van der Waals surface area (Å²) < 4.78 is 1.61. The van der Waals surface area contributed by atoms with Crippen LogP contribution in [0, 0.1) is 0 Å². The fourth-order valence-corrected chi connectivity index (χ4v) is 0.778. The summed E-state index contributed by atoms with van der Waals surface area (Å²) in [5.41, 5.74) is 5.39. The molecule has 1 amide bonds. The van der Waals surface area contributed by atoms with Gasteiger partial charge < -0.3 is 11.1 Å². The van der Waals surface area contributed by atoms with Crippen LogP contribution in [0.5, 0.6) is 0 Å². The summed E-state index contributed by atoms with van der Waals surface area (Å²) in [4.78, 5) is 11.4. The third kappa shape index (κ3) is 2.55. The first-order valence-electron chi connectivity index (χ1n) is 3.98. The van der Waals surface area contributed by atoms with Crippen LogP contribution in [0.25, 0.3) is 0 Å². The zero-order chi connectivity index (χ0) is 10.1. The number of nitrogens with two attached hydrogens (primary N) is 1. The van der Waals surface area contributed by atoms with E-state index in [-0.39, 0.29) is 5.91 Å². The number of carbonyl (C=O) groups is 1. The highest BCUT2D eigenvalue weighted by atomic mass is 16.2. The van der Waals surface area contributed by atoms with Crippen LogP contribution in [0.4, 0.5) is 5.69 Å². The smallest absolute Gasteiger partial charge is 0.243 e. The number of hydrogen-bond donors (Lipinski definition) is 2. The number of rotatable bonds is 2. The molecule has 0 radical (unpaired) electrons. The molecule has 0 aliphatic heterocycles. The first-order valence-corrected chi connectivity index (χ1v) is 3.98. The molecule has 1 heterocycles. The van der Waals surface area contributed by atoms with Gasteiger partial charge in [0.2, 0.25) is 5.91 Å². The molecular weight excluding hydrogens is 168 g/mol. The summed E-state index contributed by atoms with van der Waals surface area (Å²) >= 11 is 0. The molecule has 13 heavy (non-hydrogen) atoms. The molecular formula is C8H14N4O. The van der Waals surface area contributed by atoms with Gasteiger partial charge in [0, 0.05) is 13.2 Å². The quantitative estimate of drug-likeness (QED) is 0.681. The second-order valence-corrected chi connectivity index (χ2v) is 3.58. The standard InChI is InChI=1S/C8H14N4O/c1-8(2,9)7(13)11-6-4-10-12(3)5-6/h4-5H,9H2,1-3H3,(H,11,13). The number of hydrogen-bond acceptors (Lipinski definition) is 3. The third-order valence-electron chi connectivity index (χ3n) is 1.55. The molecule has 0 saturated carbocycles. The molecule has 1 aromatic heterocycles. The number of carbonyl (C=O) groups excluding carboxylic acids is 1. The van der Waals surface area contributed by atoms with Gasteiger partial charge in [-0.1, -0.05) is 0 Å². The molecule has 0 bridgehead atoms. The van der Waals surface area contributed by atoms with Crippen molar-refractivity contribution in [3.63, 3.8) is 0 Å². The largest absolute Gasteiger partial charge is 0.322 e. The molecule has 0 fully saturated rings. The van der Waals surface area contributed by atoms with Crippen molar-refractivity contribution in [1.29, 1.82) is 0 Å². The van der Waals surface area contributed by atoms with Crippen LogP contribution in [-0.2, 0) is 11.8 Å². The first kappa shape index (κ1) is 9.73. The minimum absolute atomic E-state index is 0.222. The summed E-state index contributed by atoms with van der Waals surface area (Å²) in [6.45, 7) is 3.30. The average Bonchev–Trinajstić information content (AvgIpc) is 2.33. The Labute approximate surface area is 76.9 Å². The fourth-order valence-electron chi connectivity index (χ4n) is 0.778. The van der Waals surface area contributed by atoms with Crippen molar-refractivity contribution in [2.45, 2.75) is 19.4 Å². The van der Waals surface area contributed by atoms with Crippen LogP contribution < -0.4 is 11.1 Å². The van der Waals surface area contributed by atoms with Crippen LogP contribution in [-0.4, -0.2) is 21.2 Å². The van der Waals surface area contributed by atoms with E-state index in [1.54, 1.807) is 38.0 Å². The van der Waals surface area contributed by atoms with E-state index in [1.807, 2.05) is 0 Å². The highest BCUT2D eigenvalue weighted by molar-refractivity contribution is 5.97.